The van der Waals surface area contributed by atoms with E-state index in [2.05, 4.69) is 13.0 Å². The summed E-state index contributed by atoms with van der Waals surface area (Å²) in [5, 5.41) is 0. The molecule has 1 unspecified atom stereocenters. The highest BCUT2D eigenvalue weighted by Crippen LogP contribution is 2.26. The van der Waals surface area contributed by atoms with Crippen LogP contribution in [0.2, 0.25) is 0 Å². The zero-order chi connectivity index (χ0) is 9.14. The Hall–Kier alpha value is -0.760. The molecule has 0 aliphatic heterocycles. The van der Waals surface area contributed by atoms with Gasteiger partial charge in [-0.2, -0.15) is 0 Å². The van der Waals surface area contributed by atoms with Gasteiger partial charge in [0.2, 0.25) is 0 Å². The molecule has 1 aliphatic rings. The lowest BCUT2D eigenvalue weighted by molar-refractivity contribution is 0.0756. The predicted octanol–water partition coefficient (Wildman–Crippen LogP) is 2.27. The summed E-state index contributed by atoms with van der Waals surface area (Å²) in [7, 11) is 3.41. The highest BCUT2D eigenvalue weighted by atomic mass is 16.5. The van der Waals surface area contributed by atoms with Gasteiger partial charge in [0, 0.05) is 13.5 Å². The Balaban J connectivity index is 2.91. The van der Waals surface area contributed by atoms with Crippen molar-refractivity contribution in [3.63, 3.8) is 0 Å². The maximum Gasteiger partial charge on any atom is 0.127 e. The molecule has 0 amide bonds. The number of allylic oxidation sites excluding steroid dienone is 2. The van der Waals surface area contributed by atoms with Crippen molar-refractivity contribution in [2.75, 3.05) is 14.2 Å². The summed E-state index contributed by atoms with van der Waals surface area (Å²) >= 11 is 0. The molecule has 1 atom stereocenters. The maximum absolute atomic E-state index is 5.31. The van der Waals surface area contributed by atoms with Gasteiger partial charge < -0.3 is 9.47 Å². The Morgan fingerprint density at radius 2 is 2.00 bits per heavy atom. The number of rotatable bonds is 2. The first kappa shape index (κ1) is 9.33. The first-order valence-corrected chi connectivity index (χ1v) is 4.13. The fraction of sp³-hybridized carbons (Fsp3) is 0.600. The van der Waals surface area contributed by atoms with Gasteiger partial charge in [0.25, 0.3) is 0 Å². The van der Waals surface area contributed by atoms with Crippen LogP contribution in [0.25, 0.3) is 0 Å². The van der Waals surface area contributed by atoms with Crippen LogP contribution >= 0.6 is 0 Å². The molecule has 0 saturated carbocycles. The number of methoxy groups -OCH3 is 2. The van der Waals surface area contributed by atoms with Crippen molar-refractivity contribution in [2.24, 2.45) is 0 Å². The van der Waals surface area contributed by atoms with Gasteiger partial charge in [-0.15, -0.1) is 0 Å². The molecule has 2 nitrogen and oxygen atoms in total. The molecule has 0 spiro atoms. The largest absolute Gasteiger partial charge is 0.498 e. The highest BCUT2D eigenvalue weighted by Gasteiger charge is 2.20. The van der Waals surface area contributed by atoms with E-state index in [9.17, 15) is 0 Å². The first-order valence-electron chi connectivity index (χ1n) is 4.13. The Bertz CT molecular complexity index is 226. The van der Waals surface area contributed by atoms with Gasteiger partial charge in [-0.05, 0) is 19.4 Å². The van der Waals surface area contributed by atoms with Crippen molar-refractivity contribution < 1.29 is 9.47 Å². The standard InChI is InChI=1S/C10H16O2/c1-7-5-8(2)10(12-4)9(6-7)11-3/h5,9H,6H2,1-4H3. The van der Waals surface area contributed by atoms with Crippen LogP contribution < -0.4 is 0 Å². The van der Waals surface area contributed by atoms with Gasteiger partial charge in [0.1, 0.15) is 11.9 Å². The summed E-state index contributed by atoms with van der Waals surface area (Å²) < 4.78 is 10.6. The fourth-order valence-electron chi connectivity index (χ4n) is 1.62. The molecule has 12 heavy (non-hydrogen) atoms. The molecular formula is C10H16O2. The van der Waals surface area contributed by atoms with Gasteiger partial charge in [-0.3, -0.25) is 0 Å². The summed E-state index contributed by atoms with van der Waals surface area (Å²) in [6.45, 7) is 4.16. The van der Waals surface area contributed by atoms with Crippen LogP contribution in [0.15, 0.2) is 23.0 Å². The lowest BCUT2D eigenvalue weighted by atomic mass is 9.97. The van der Waals surface area contributed by atoms with Crippen molar-refractivity contribution in [1.29, 1.82) is 0 Å². The van der Waals surface area contributed by atoms with Crippen molar-refractivity contribution in [3.05, 3.63) is 23.0 Å². The first-order chi connectivity index (χ1) is 5.69. The smallest absolute Gasteiger partial charge is 0.127 e. The predicted molar refractivity (Wildman–Crippen MR) is 48.9 cm³/mol. The van der Waals surface area contributed by atoms with Crippen molar-refractivity contribution in [3.8, 4) is 0 Å². The van der Waals surface area contributed by atoms with Crippen LogP contribution in [0.5, 0.6) is 0 Å². The summed E-state index contributed by atoms with van der Waals surface area (Å²) in [6.07, 6.45) is 3.20. The molecule has 2 heteroatoms. The summed E-state index contributed by atoms with van der Waals surface area (Å²) in [5.74, 6) is 0.961. The monoisotopic (exact) mass is 168 g/mol. The summed E-state index contributed by atoms with van der Waals surface area (Å²) in [5.41, 5.74) is 2.52. The molecule has 1 rings (SSSR count). The van der Waals surface area contributed by atoms with Gasteiger partial charge in [-0.1, -0.05) is 11.6 Å². The Morgan fingerprint density at radius 3 is 2.50 bits per heavy atom. The molecule has 0 saturated heterocycles. The third-order valence-corrected chi connectivity index (χ3v) is 2.16. The Kier molecular flexibility index (Phi) is 2.93. The average molecular weight is 168 g/mol. The van der Waals surface area contributed by atoms with Crippen molar-refractivity contribution >= 4 is 0 Å². The van der Waals surface area contributed by atoms with E-state index in [0.717, 1.165) is 12.2 Å². The second-order valence-corrected chi connectivity index (χ2v) is 3.17. The van der Waals surface area contributed by atoms with Gasteiger partial charge in [-0.25, -0.2) is 0 Å². The number of hydrogen-bond acceptors (Lipinski definition) is 2. The van der Waals surface area contributed by atoms with Crippen LogP contribution in [-0.4, -0.2) is 20.3 Å². The molecule has 68 valence electrons. The zero-order valence-electron chi connectivity index (χ0n) is 8.18. The van der Waals surface area contributed by atoms with E-state index >= 15 is 0 Å². The van der Waals surface area contributed by atoms with E-state index in [0.29, 0.717) is 0 Å². The third kappa shape index (κ3) is 1.69. The van der Waals surface area contributed by atoms with Crippen LogP contribution in [0, 0.1) is 0 Å². The van der Waals surface area contributed by atoms with Crippen LogP contribution in [0.4, 0.5) is 0 Å². The molecule has 0 aromatic rings. The summed E-state index contributed by atoms with van der Waals surface area (Å²) in [6, 6.07) is 0. The van der Waals surface area contributed by atoms with E-state index in [-0.39, 0.29) is 6.10 Å². The van der Waals surface area contributed by atoms with E-state index in [1.807, 2.05) is 6.92 Å². The second kappa shape index (κ2) is 3.76. The number of hydrogen-bond donors (Lipinski definition) is 0. The number of ether oxygens (including phenoxy) is 2. The Labute approximate surface area is 73.9 Å². The van der Waals surface area contributed by atoms with Gasteiger partial charge in [0.05, 0.1) is 7.11 Å². The lowest BCUT2D eigenvalue weighted by Crippen LogP contribution is -2.19. The van der Waals surface area contributed by atoms with Gasteiger partial charge >= 0.3 is 0 Å². The van der Waals surface area contributed by atoms with Crippen LogP contribution in [0.1, 0.15) is 20.3 Å². The molecule has 0 heterocycles. The van der Waals surface area contributed by atoms with E-state index in [1.54, 1.807) is 14.2 Å². The molecule has 0 fully saturated rings. The van der Waals surface area contributed by atoms with Crippen LogP contribution in [-0.2, 0) is 9.47 Å². The fourth-order valence-corrected chi connectivity index (χ4v) is 1.62. The Morgan fingerprint density at radius 1 is 1.33 bits per heavy atom. The SMILES string of the molecule is COC1=C(C)C=C(C)CC1OC. The minimum absolute atomic E-state index is 0.111. The normalized spacial score (nSPS) is 24.0. The molecule has 0 radical (unpaired) electrons. The average Bonchev–Trinajstić information content (AvgIpc) is 2.03. The summed E-state index contributed by atoms with van der Waals surface area (Å²) in [4.78, 5) is 0. The highest BCUT2D eigenvalue weighted by molar-refractivity contribution is 5.31. The van der Waals surface area contributed by atoms with Crippen molar-refractivity contribution in [2.45, 2.75) is 26.4 Å². The second-order valence-electron chi connectivity index (χ2n) is 3.17. The molecule has 0 bridgehead atoms. The zero-order valence-corrected chi connectivity index (χ0v) is 8.18. The molecular weight excluding hydrogens is 152 g/mol. The molecule has 0 aromatic carbocycles. The topological polar surface area (TPSA) is 18.5 Å². The third-order valence-electron chi connectivity index (χ3n) is 2.16. The van der Waals surface area contributed by atoms with Gasteiger partial charge in [0.15, 0.2) is 0 Å². The van der Waals surface area contributed by atoms with Crippen LogP contribution in [0.3, 0.4) is 0 Å². The molecule has 1 aliphatic carbocycles. The van der Waals surface area contributed by atoms with E-state index < -0.39 is 0 Å². The quantitative estimate of drug-likeness (QED) is 0.629. The lowest BCUT2D eigenvalue weighted by Gasteiger charge is -2.23. The minimum Gasteiger partial charge on any atom is -0.498 e. The molecule has 0 N–H and O–H groups in total. The van der Waals surface area contributed by atoms with E-state index in [1.165, 1.54) is 11.1 Å². The minimum atomic E-state index is 0.111. The maximum atomic E-state index is 5.31. The van der Waals surface area contributed by atoms with Crippen molar-refractivity contribution in [1.82, 2.24) is 0 Å². The molecule has 0 aromatic heterocycles. The van der Waals surface area contributed by atoms with E-state index in [4.69, 9.17) is 9.47 Å².